The number of carboxylic acids is 1. The van der Waals surface area contributed by atoms with Crippen LogP contribution in [0.2, 0.25) is 0 Å². The van der Waals surface area contributed by atoms with E-state index in [4.69, 9.17) is 0 Å². The standard InChI is InChI=1S/C18H16FNO3S/c1-11-2-4-13(5-3-11)17-20(15(10-24-17)18(22)23)16(21)12-6-8-14(19)9-7-12/h2-9,15,17H,10H2,1H3,(H,22,23)/p-1/t15-,17+/m0/s1. The van der Waals surface area contributed by atoms with Crippen LogP contribution in [0.15, 0.2) is 48.5 Å². The quantitative estimate of drug-likeness (QED) is 0.856. The van der Waals surface area contributed by atoms with Crippen molar-refractivity contribution in [2.75, 3.05) is 5.75 Å². The molecule has 0 spiro atoms. The number of benzene rings is 2. The van der Waals surface area contributed by atoms with E-state index < -0.39 is 29.1 Å². The van der Waals surface area contributed by atoms with Gasteiger partial charge in [-0.25, -0.2) is 4.39 Å². The molecule has 2 aromatic rings. The highest BCUT2D eigenvalue weighted by Crippen LogP contribution is 2.42. The maximum Gasteiger partial charge on any atom is 0.255 e. The Balaban J connectivity index is 1.97. The molecule has 4 nitrogen and oxygen atoms in total. The summed E-state index contributed by atoms with van der Waals surface area (Å²) in [6.45, 7) is 1.96. The van der Waals surface area contributed by atoms with Gasteiger partial charge in [-0.15, -0.1) is 11.8 Å². The zero-order valence-corrected chi connectivity index (χ0v) is 13.8. The Hall–Kier alpha value is -2.34. The van der Waals surface area contributed by atoms with Crippen molar-refractivity contribution in [1.82, 2.24) is 4.90 Å². The molecule has 1 heterocycles. The van der Waals surface area contributed by atoms with Gasteiger partial charge >= 0.3 is 0 Å². The Bertz CT molecular complexity index is 761. The highest BCUT2D eigenvalue weighted by Gasteiger charge is 2.39. The number of aryl methyl sites for hydroxylation is 1. The number of carboxylic acid groups (broad SMARTS) is 1. The van der Waals surface area contributed by atoms with Crippen LogP contribution in [0.25, 0.3) is 0 Å². The van der Waals surface area contributed by atoms with Crippen molar-refractivity contribution in [1.29, 1.82) is 0 Å². The van der Waals surface area contributed by atoms with Gasteiger partial charge in [-0.05, 0) is 36.8 Å². The number of nitrogens with zero attached hydrogens (tertiary/aromatic N) is 1. The molecule has 0 aliphatic carbocycles. The molecule has 3 rings (SSSR count). The van der Waals surface area contributed by atoms with Crippen molar-refractivity contribution >= 4 is 23.6 Å². The molecular formula is C18H15FNO3S-. The van der Waals surface area contributed by atoms with Crippen molar-refractivity contribution in [2.45, 2.75) is 18.3 Å². The molecule has 0 aromatic heterocycles. The van der Waals surface area contributed by atoms with E-state index in [0.29, 0.717) is 0 Å². The zero-order valence-electron chi connectivity index (χ0n) is 12.9. The average Bonchev–Trinajstić information content (AvgIpc) is 3.01. The van der Waals surface area contributed by atoms with Crippen molar-refractivity contribution in [3.63, 3.8) is 0 Å². The maximum atomic E-state index is 13.1. The summed E-state index contributed by atoms with van der Waals surface area (Å²) >= 11 is 1.38. The van der Waals surface area contributed by atoms with Gasteiger partial charge in [0, 0.05) is 11.3 Å². The highest BCUT2D eigenvalue weighted by atomic mass is 32.2. The first-order valence-electron chi connectivity index (χ1n) is 7.44. The second-order valence-electron chi connectivity index (χ2n) is 5.65. The van der Waals surface area contributed by atoms with E-state index >= 15 is 0 Å². The van der Waals surface area contributed by atoms with Crippen LogP contribution in [-0.2, 0) is 4.79 Å². The molecule has 6 heteroatoms. The summed E-state index contributed by atoms with van der Waals surface area (Å²) in [7, 11) is 0. The van der Waals surface area contributed by atoms with Crippen LogP contribution in [0.3, 0.4) is 0 Å². The fraction of sp³-hybridized carbons (Fsp3) is 0.222. The van der Waals surface area contributed by atoms with E-state index in [1.165, 1.54) is 40.9 Å². The number of aliphatic carboxylic acids is 1. The molecule has 1 amide bonds. The predicted octanol–water partition coefficient (Wildman–Crippen LogP) is 2.14. The minimum Gasteiger partial charge on any atom is -0.548 e. The number of amides is 1. The lowest BCUT2D eigenvalue weighted by Gasteiger charge is -2.30. The second kappa shape index (κ2) is 6.65. The first-order valence-corrected chi connectivity index (χ1v) is 8.49. The highest BCUT2D eigenvalue weighted by molar-refractivity contribution is 7.99. The van der Waals surface area contributed by atoms with Crippen LogP contribution in [0, 0.1) is 12.7 Å². The van der Waals surface area contributed by atoms with Crippen LogP contribution in [0.1, 0.15) is 26.9 Å². The summed E-state index contributed by atoms with van der Waals surface area (Å²) in [5.74, 6) is -1.92. The van der Waals surface area contributed by atoms with Gasteiger partial charge in [-0.2, -0.15) is 0 Å². The normalized spacial score (nSPS) is 20.2. The smallest absolute Gasteiger partial charge is 0.255 e. The zero-order chi connectivity index (χ0) is 17.3. The van der Waals surface area contributed by atoms with Gasteiger partial charge in [0.1, 0.15) is 11.2 Å². The number of halogens is 1. The molecule has 2 atom stereocenters. The summed E-state index contributed by atoms with van der Waals surface area (Å²) < 4.78 is 13.1. The molecule has 1 aliphatic heterocycles. The van der Waals surface area contributed by atoms with Gasteiger partial charge in [0.15, 0.2) is 0 Å². The van der Waals surface area contributed by atoms with Gasteiger partial charge in [-0.1, -0.05) is 29.8 Å². The number of hydrogen-bond donors (Lipinski definition) is 0. The van der Waals surface area contributed by atoms with Crippen LogP contribution in [0.5, 0.6) is 0 Å². The first kappa shape index (κ1) is 16.5. The average molecular weight is 344 g/mol. The second-order valence-corrected chi connectivity index (χ2v) is 6.76. The lowest BCUT2D eigenvalue weighted by molar-refractivity contribution is -0.310. The van der Waals surface area contributed by atoms with E-state index in [9.17, 15) is 19.1 Å². The van der Waals surface area contributed by atoms with E-state index in [-0.39, 0.29) is 11.3 Å². The Kier molecular flexibility index (Phi) is 4.57. The predicted molar refractivity (Wildman–Crippen MR) is 87.7 cm³/mol. The number of carbonyl (C=O) groups excluding carboxylic acids is 2. The molecular weight excluding hydrogens is 329 g/mol. The summed E-state index contributed by atoms with van der Waals surface area (Å²) in [6.07, 6.45) is 0. The monoisotopic (exact) mass is 344 g/mol. The molecule has 0 bridgehead atoms. The number of rotatable bonds is 3. The Morgan fingerprint density at radius 2 is 1.75 bits per heavy atom. The first-order chi connectivity index (χ1) is 11.5. The molecule has 1 fully saturated rings. The molecule has 2 aromatic carbocycles. The van der Waals surface area contributed by atoms with E-state index in [0.717, 1.165) is 11.1 Å². The Morgan fingerprint density at radius 3 is 2.33 bits per heavy atom. The fourth-order valence-electron chi connectivity index (χ4n) is 2.67. The van der Waals surface area contributed by atoms with Gasteiger partial charge < -0.3 is 14.8 Å². The van der Waals surface area contributed by atoms with Crippen molar-refractivity contribution in [3.8, 4) is 0 Å². The van der Waals surface area contributed by atoms with E-state index in [1.54, 1.807) is 0 Å². The molecule has 24 heavy (non-hydrogen) atoms. The molecule has 0 saturated carbocycles. The minimum absolute atomic E-state index is 0.252. The van der Waals surface area contributed by atoms with Gasteiger partial charge in [0.25, 0.3) is 5.91 Å². The summed E-state index contributed by atoms with van der Waals surface area (Å²) in [5.41, 5.74) is 2.18. The number of carbonyl (C=O) groups is 2. The molecule has 0 unspecified atom stereocenters. The summed E-state index contributed by atoms with van der Waals surface area (Å²) in [6, 6.07) is 11.7. The summed E-state index contributed by atoms with van der Waals surface area (Å²) in [4.78, 5) is 25.6. The molecule has 0 N–H and O–H groups in total. The SMILES string of the molecule is Cc1ccc([C@H]2SC[C@@H](C(=O)[O-])N2C(=O)c2ccc(F)cc2)cc1. The van der Waals surface area contributed by atoms with Gasteiger partial charge in [0.2, 0.25) is 0 Å². The van der Waals surface area contributed by atoms with Gasteiger partial charge in [-0.3, -0.25) is 4.79 Å². The lowest BCUT2D eigenvalue weighted by Crippen LogP contribution is -2.49. The fourth-order valence-corrected chi connectivity index (χ4v) is 4.08. The molecule has 0 radical (unpaired) electrons. The minimum atomic E-state index is -1.28. The van der Waals surface area contributed by atoms with Crippen LogP contribution < -0.4 is 5.11 Å². The Labute approximate surface area is 143 Å². The Morgan fingerprint density at radius 1 is 1.12 bits per heavy atom. The maximum absolute atomic E-state index is 13.1. The lowest BCUT2D eigenvalue weighted by atomic mass is 10.1. The van der Waals surface area contributed by atoms with Crippen molar-refractivity contribution in [3.05, 3.63) is 71.0 Å². The van der Waals surface area contributed by atoms with Gasteiger partial charge in [0.05, 0.1) is 12.0 Å². The van der Waals surface area contributed by atoms with Crippen LogP contribution >= 0.6 is 11.8 Å². The van der Waals surface area contributed by atoms with Crippen LogP contribution in [0.4, 0.5) is 4.39 Å². The molecule has 124 valence electrons. The number of hydrogen-bond acceptors (Lipinski definition) is 4. The van der Waals surface area contributed by atoms with E-state index in [1.807, 2.05) is 31.2 Å². The third-order valence-corrected chi connectivity index (χ3v) is 5.28. The third kappa shape index (κ3) is 3.14. The van der Waals surface area contributed by atoms with Crippen molar-refractivity contribution < 1.29 is 19.1 Å². The molecule has 1 aliphatic rings. The molecule has 1 saturated heterocycles. The number of thioether (sulfide) groups is 1. The third-order valence-electron chi connectivity index (χ3n) is 3.96. The van der Waals surface area contributed by atoms with E-state index in [2.05, 4.69) is 0 Å². The topological polar surface area (TPSA) is 60.4 Å². The summed E-state index contributed by atoms with van der Waals surface area (Å²) in [5, 5.41) is 11.0. The largest absolute Gasteiger partial charge is 0.548 e. The van der Waals surface area contributed by atoms with Crippen LogP contribution in [-0.4, -0.2) is 28.6 Å². The van der Waals surface area contributed by atoms with Crippen molar-refractivity contribution in [2.24, 2.45) is 0 Å².